The van der Waals surface area contributed by atoms with Crippen molar-refractivity contribution in [2.75, 3.05) is 37.6 Å². The van der Waals surface area contributed by atoms with Gasteiger partial charge in [0.2, 0.25) is 0 Å². The molecule has 4 rings (SSSR count). The lowest BCUT2D eigenvalue weighted by Crippen LogP contribution is -2.48. The zero-order valence-electron chi connectivity index (χ0n) is 15.1. The fourth-order valence-electron chi connectivity index (χ4n) is 4.04. The van der Waals surface area contributed by atoms with Gasteiger partial charge in [0, 0.05) is 56.3 Å². The van der Waals surface area contributed by atoms with Crippen molar-refractivity contribution in [3.8, 4) is 0 Å². The molecule has 0 amide bonds. The van der Waals surface area contributed by atoms with Crippen LogP contribution in [-0.4, -0.2) is 48.6 Å². The number of piperazine rings is 1. The first kappa shape index (κ1) is 18.4. The molecule has 2 aromatic rings. The molecule has 0 aliphatic carbocycles. The average molecular weight is 361 g/mol. The van der Waals surface area contributed by atoms with Crippen LogP contribution in [0.25, 0.3) is 10.9 Å². The van der Waals surface area contributed by atoms with E-state index in [-0.39, 0.29) is 12.4 Å². The standard InChI is InChI=1S/C20H28N4.ClH/c1-16-14-23(12-9-21-16)15-18-13-17-7-3-4-8-19(17)22-20(18)24-10-5-2-6-11-24;/h3-4,7-8,13,16,21H,2,5-6,9-12,14-15H2,1H3;1H/t16-;/m0./s1. The number of pyridine rings is 1. The van der Waals surface area contributed by atoms with Gasteiger partial charge < -0.3 is 10.2 Å². The molecular weight excluding hydrogens is 332 g/mol. The van der Waals surface area contributed by atoms with Crippen LogP contribution < -0.4 is 10.2 Å². The largest absolute Gasteiger partial charge is 0.356 e. The van der Waals surface area contributed by atoms with Crippen molar-refractivity contribution < 1.29 is 0 Å². The molecule has 2 aliphatic rings. The van der Waals surface area contributed by atoms with Crippen molar-refractivity contribution in [3.05, 3.63) is 35.9 Å². The van der Waals surface area contributed by atoms with Gasteiger partial charge in [0.05, 0.1) is 5.52 Å². The Morgan fingerprint density at radius 1 is 1.12 bits per heavy atom. The van der Waals surface area contributed by atoms with Crippen molar-refractivity contribution in [2.45, 2.75) is 38.8 Å². The molecule has 1 atom stereocenters. The molecule has 4 nitrogen and oxygen atoms in total. The Bertz CT molecular complexity index is 699. The molecule has 0 saturated carbocycles. The minimum atomic E-state index is 0. The van der Waals surface area contributed by atoms with Crippen molar-refractivity contribution >= 4 is 29.1 Å². The molecule has 5 heteroatoms. The normalized spacial score (nSPS) is 22.0. The molecule has 2 saturated heterocycles. The third-order valence-electron chi connectivity index (χ3n) is 5.28. The van der Waals surface area contributed by atoms with Crippen LogP contribution in [0.1, 0.15) is 31.7 Å². The van der Waals surface area contributed by atoms with E-state index >= 15 is 0 Å². The highest BCUT2D eigenvalue weighted by Gasteiger charge is 2.21. The van der Waals surface area contributed by atoms with E-state index in [2.05, 4.69) is 52.4 Å². The van der Waals surface area contributed by atoms with Crippen LogP contribution in [0.4, 0.5) is 5.82 Å². The van der Waals surface area contributed by atoms with Gasteiger partial charge in [-0.2, -0.15) is 0 Å². The lowest BCUT2D eigenvalue weighted by Gasteiger charge is -2.34. The quantitative estimate of drug-likeness (QED) is 0.908. The molecule has 2 aliphatic heterocycles. The molecule has 1 aromatic heterocycles. The van der Waals surface area contributed by atoms with Crippen LogP contribution in [0.2, 0.25) is 0 Å². The zero-order valence-corrected chi connectivity index (χ0v) is 15.9. The molecule has 0 unspecified atom stereocenters. The first-order valence-electron chi connectivity index (χ1n) is 9.39. The van der Waals surface area contributed by atoms with E-state index in [9.17, 15) is 0 Å². The number of halogens is 1. The summed E-state index contributed by atoms with van der Waals surface area (Å²) in [6, 6.07) is 11.5. The molecule has 0 bridgehead atoms. The first-order valence-corrected chi connectivity index (χ1v) is 9.39. The molecule has 2 fully saturated rings. The number of nitrogens with zero attached hydrogens (tertiary/aromatic N) is 3. The first-order chi connectivity index (χ1) is 11.8. The number of anilines is 1. The van der Waals surface area contributed by atoms with Crippen molar-refractivity contribution in [2.24, 2.45) is 0 Å². The minimum absolute atomic E-state index is 0. The van der Waals surface area contributed by atoms with Gasteiger partial charge in [-0.15, -0.1) is 12.4 Å². The Morgan fingerprint density at radius 3 is 2.72 bits per heavy atom. The van der Waals surface area contributed by atoms with Gasteiger partial charge in [0.15, 0.2) is 0 Å². The number of piperidine rings is 1. The van der Waals surface area contributed by atoms with Crippen LogP contribution in [0.3, 0.4) is 0 Å². The second-order valence-electron chi connectivity index (χ2n) is 7.30. The maximum atomic E-state index is 5.07. The van der Waals surface area contributed by atoms with E-state index in [1.165, 1.54) is 36.0 Å². The van der Waals surface area contributed by atoms with Gasteiger partial charge in [-0.1, -0.05) is 18.2 Å². The van der Waals surface area contributed by atoms with Gasteiger partial charge in [-0.05, 0) is 38.3 Å². The van der Waals surface area contributed by atoms with E-state index in [0.29, 0.717) is 6.04 Å². The van der Waals surface area contributed by atoms with E-state index in [4.69, 9.17) is 4.98 Å². The number of aromatic nitrogens is 1. The molecular formula is C20H29ClN4. The second kappa shape index (κ2) is 8.35. The molecule has 1 aromatic carbocycles. The molecule has 25 heavy (non-hydrogen) atoms. The zero-order chi connectivity index (χ0) is 16.4. The summed E-state index contributed by atoms with van der Waals surface area (Å²) in [5.74, 6) is 1.22. The fraction of sp³-hybridized carbons (Fsp3) is 0.550. The highest BCUT2D eigenvalue weighted by atomic mass is 35.5. The van der Waals surface area contributed by atoms with E-state index in [1.54, 1.807) is 0 Å². The number of para-hydroxylation sites is 1. The minimum Gasteiger partial charge on any atom is -0.356 e. The second-order valence-corrected chi connectivity index (χ2v) is 7.30. The fourth-order valence-corrected chi connectivity index (χ4v) is 4.04. The highest BCUT2D eigenvalue weighted by Crippen LogP contribution is 2.27. The van der Waals surface area contributed by atoms with E-state index < -0.39 is 0 Å². The number of hydrogen-bond donors (Lipinski definition) is 1. The summed E-state index contributed by atoms with van der Waals surface area (Å²) in [6.45, 7) is 8.91. The van der Waals surface area contributed by atoms with Crippen molar-refractivity contribution in [1.29, 1.82) is 0 Å². The predicted molar refractivity (Wildman–Crippen MR) is 108 cm³/mol. The third-order valence-corrected chi connectivity index (χ3v) is 5.28. The van der Waals surface area contributed by atoms with Crippen molar-refractivity contribution in [3.63, 3.8) is 0 Å². The summed E-state index contributed by atoms with van der Waals surface area (Å²) in [6.07, 6.45) is 3.94. The highest BCUT2D eigenvalue weighted by molar-refractivity contribution is 5.85. The Morgan fingerprint density at radius 2 is 1.92 bits per heavy atom. The average Bonchev–Trinajstić information content (AvgIpc) is 2.62. The summed E-state index contributed by atoms with van der Waals surface area (Å²) < 4.78 is 0. The van der Waals surface area contributed by atoms with Gasteiger partial charge in [-0.3, -0.25) is 4.90 Å². The van der Waals surface area contributed by atoms with Gasteiger partial charge in [0.25, 0.3) is 0 Å². The lowest BCUT2D eigenvalue weighted by atomic mass is 10.1. The number of nitrogens with one attached hydrogen (secondary N) is 1. The maximum Gasteiger partial charge on any atom is 0.133 e. The van der Waals surface area contributed by atoms with Crippen LogP contribution >= 0.6 is 12.4 Å². The molecule has 0 radical (unpaired) electrons. The summed E-state index contributed by atoms with van der Waals surface area (Å²) >= 11 is 0. The number of hydrogen-bond acceptors (Lipinski definition) is 4. The van der Waals surface area contributed by atoms with Crippen LogP contribution in [0, 0.1) is 0 Å². The van der Waals surface area contributed by atoms with E-state index in [1.807, 2.05) is 0 Å². The summed E-state index contributed by atoms with van der Waals surface area (Å²) in [4.78, 5) is 10.1. The summed E-state index contributed by atoms with van der Waals surface area (Å²) in [5.41, 5.74) is 2.51. The third kappa shape index (κ3) is 4.25. The molecule has 136 valence electrons. The Labute approximate surface area is 157 Å². The number of benzene rings is 1. The molecule has 1 N–H and O–H groups in total. The maximum absolute atomic E-state index is 5.07. The topological polar surface area (TPSA) is 31.4 Å². The monoisotopic (exact) mass is 360 g/mol. The van der Waals surface area contributed by atoms with Crippen LogP contribution in [0.15, 0.2) is 30.3 Å². The van der Waals surface area contributed by atoms with Crippen LogP contribution in [0.5, 0.6) is 0 Å². The number of fused-ring (bicyclic) bond motifs is 1. The Hall–Kier alpha value is -1.36. The van der Waals surface area contributed by atoms with Crippen molar-refractivity contribution in [1.82, 2.24) is 15.2 Å². The van der Waals surface area contributed by atoms with Crippen LogP contribution in [-0.2, 0) is 6.54 Å². The smallest absolute Gasteiger partial charge is 0.133 e. The summed E-state index contributed by atoms with van der Waals surface area (Å²) in [5, 5.41) is 4.80. The summed E-state index contributed by atoms with van der Waals surface area (Å²) in [7, 11) is 0. The van der Waals surface area contributed by atoms with Gasteiger partial charge in [0.1, 0.15) is 5.82 Å². The Kier molecular flexibility index (Phi) is 6.15. The lowest BCUT2D eigenvalue weighted by molar-refractivity contribution is 0.199. The van der Waals surface area contributed by atoms with Gasteiger partial charge in [-0.25, -0.2) is 4.98 Å². The SMILES string of the molecule is C[C@H]1CN(Cc2cc3ccccc3nc2N2CCCCC2)CCN1.Cl. The van der Waals surface area contributed by atoms with E-state index in [0.717, 1.165) is 44.8 Å². The molecule has 3 heterocycles. The number of rotatable bonds is 3. The van der Waals surface area contributed by atoms with Gasteiger partial charge >= 0.3 is 0 Å². The molecule has 0 spiro atoms. The predicted octanol–water partition coefficient (Wildman–Crippen LogP) is 3.44. The Balaban J connectivity index is 0.00000182.